The molecule has 0 spiro atoms. The van der Waals surface area contributed by atoms with Crippen molar-refractivity contribution >= 4 is 17.4 Å². The van der Waals surface area contributed by atoms with Gasteiger partial charge in [-0.15, -0.1) is 11.3 Å². The zero-order chi connectivity index (χ0) is 15.2. The molecule has 116 valence electrons. The van der Waals surface area contributed by atoms with Gasteiger partial charge in [0.2, 0.25) is 0 Å². The Labute approximate surface area is 133 Å². The first-order chi connectivity index (χ1) is 10.8. The maximum absolute atomic E-state index is 11.7. The Kier molecular flexibility index (Phi) is 4.80. The highest BCUT2D eigenvalue weighted by molar-refractivity contribution is 7.09. The SMILES string of the molecule is O=C(NCCc1cccs1)NCC1COc2ccccc2O1. The van der Waals surface area contributed by atoms with Crippen LogP contribution in [0.4, 0.5) is 4.79 Å². The van der Waals surface area contributed by atoms with Crippen molar-refractivity contribution in [1.29, 1.82) is 0 Å². The van der Waals surface area contributed by atoms with Gasteiger partial charge in [0.05, 0.1) is 6.54 Å². The van der Waals surface area contributed by atoms with E-state index in [-0.39, 0.29) is 12.1 Å². The number of para-hydroxylation sites is 2. The van der Waals surface area contributed by atoms with Gasteiger partial charge in [0.25, 0.3) is 0 Å². The number of hydrogen-bond donors (Lipinski definition) is 2. The van der Waals surface area contributed by atoms with Crippen molar-refractivity contribution in [2.24, 2.45) is 0 Å². The molecule has 2 N–H and O–H groups in total. The second kappa shape index (κ2) is 7.17. The molecule has 6 heteroatoms. The van der Waals surface area contributed by atoms with E-state index < -0.39 is 0 Å². The molecule has 3 rings (SSSR count). The minimum absolute atomic E-state index is 0.169. The van der Waals surface area contributed by atoms with Crippen LogP contribution in [0.1, 0.15) is 4.88 Å². The third kappa shape index (κ3) is 3.92. The fourth-order valence-corrected chi connectivity index (χ4v) is 2.90. The molecule has 1 aliphatic heterocycles. The largest absolute Gasteiger partial charge is 0.486 e. The average molecular weight is 318 g/mol. The molecule has 0 radical (unpaired) electrons. The summed E-state index contributed by atoms with van der Waals surface area (Å²) in [5, 5.41) is 7.69. The van der Waals surface area contributed by atoms with E-state index >= 15 is 0 Å². The molecule has 1 aromatic heterocycles. The van der Waals surface area contributed by atoms with E-state index in [9.17, 15) is 4.79 Å². The molecule has 1 unspecified atom stereocenters. The number of carbonyl (C=O) groups excluding carboxylic acids is 1. The van der Waals surface area contributed by atoms with Crippen LogP contribution in [0.2, 0.25) is 0 Å². The van der Waals surface area contributed by atoms with Crippen LogP contribution >= 0.6 is 11.3 Å². The van der Waals surface area contributed by atoms with Gasteiger partial charge in [-0.3, -0.25) is 0 Å². The molecule has 2 amide bonds. The van der Waals surface area contributed by atoms with Gasteiger partial charge in [0.1, 0.15) is 6.61 Å². The van der Waals surface area contributed by atoms with Crippen LogP contribution < -0.4 is 20.1 Å². The molecule has 0 fully saturated rings. The Morgan fingerprint density at radius 2 is 2.05 bits per heavy atom. The fourth-order valence-electron chi connectivity index (χ4n) is 2.19. The van der Waals surface area contributed by atoms with E-state index in [0.717, 1.165) is 17.9 Å². The van der Waals surface area contributed by atoms with Gasteiger partial charge < -0.3 is 20.1 Å². The minimum Gasteiger partial charge on any atom is -0.486 e. The van der Waals surface area contributed by atoms with E-state index in [1.807, 2.05) is 35.7 Å². The lowest BCUT2D eigenvalue weighted by molar-refractivity contribution is 0.0918. The number of carbonyl (C=O) groups is 1. The molecule has 0 saturated carbocycles. The van der Waals surface area contributed by atoms with Crippen molar-refractivity contribution in [3.05, 3.63) is 46.7 Å². The summed E-state index contributed by atoms with van der Waals surface area (Å²) < 4.78 is 11.4. The first-order valence-corrected chi connectivity index (χ1v) is 8.12. The number of fused-ring (bicyclic) bond motifs is 1. The predicted octanol–water partition coefficient (Wildman–Crippen LogP) is 2.43. The van der Waals surface area contributed by atoms with Crippen LogP contribution in [-0.4, -0.2) is 31.8 Å². The van der Waals surface area contributed by atoms with Gasteiger partial charge in [-0.1, -0.05) is 18.2 Å². The number of rotatable bonds is 5. The topological polar surface area (TPSA) is 59.6 Å². The molecule has 0 aliphatic carbocycles. The second-order valence-electron chi connectivity index (χ2n) is 4.96. The van der Waals surface area contributed by atoms with Crippen molar-refractivity contribution < 1.29 is 14.3 Å². The summed E-state index contributed by atoms with van der Waals surface area (Å²) in [5.74, 6) is 1.47. The highest BCUT2D eigenvalue weighted by Gasteiger charge is 2.20. The summed E-state index contributed by atoms with van der Waals surface area (Å²) >= 11 is 1.70. The van der Waals surface area contributed by atoms with Crippen LogP contribution in [0.25, 0.3) is 0 Å². The number of ether oxygens (including phenoxy) is 2. The normalized spacial score (nSPS) is 16.1. The standard InChI is InChI=1S/C16H18N2O3S/c19-16(17-8-7-13-4-3-9-22-13)18-10-12-11-20-14-5-1-2-6-15(14)21-12/h1-6,9,12H,7-8,10-11H2,(H2,17,18,19). The lowest BCUT2D eigenvalue weighted by Crippen LogP contribution is -2.44. The van der Waals surface area contributed by atoms with Crippen molar-refractivity contribution in [3.8, 4) is 11.5 Å². The quantitative estimate of drug-likeness (QED) is 0.890. The lowest BCUT2D eigenvalue weighted by Gasteiger charge is -2.26. The van der Waals surface area contributed by atoms with Crippen molar-refractivity contribution in [1.82, 2.24) is 10.6 Å². The lowest BCUT2D eigenvalue weighted by atomic mass is 10.2. The summed E-state index contributed by atoms with van der Waals surface area (Å²) in [6.45, 7) is 1.48. The summed E-state index contributed by atoms with van der Waals surface area (Å²) in [4.78, 5) is 13.0. The Bertz CT molecular complexity index is 616. The highest BCUT2D eigenvalue weighted by atomic mass is 32.1. The van der Waals surface area contributed by atoms with E-state index in [4.69, 9.17) is 9.47 Å². The minimum atomic E-state index is -0.181. The molecule has 5 nitrogen and oxygen atoms in total. The van der Waals surface area contributed by atoms with Gasteiger partial charge in [0.15, 0.2) is 17.6 Å². The van der Waals surface area contributed by atoms with Crippen LogP contribution in [-0.2, 0) is 6.42 Å². The average Bonchev–Trinajstić information content (AvgIpc) is 3.06. The van der Waals surface area contributed by atoms with Crippen molar-refractivity contribution in [2.75, 3.05) is 19.7 Å². The molecule has 0 saturated heterocycles. The monoisotopic (exact) mass is 318 g/mol. The smallest absolute Gasteiger partial charge is 0.314 e. The molecule has 1 aliphatic rings. The van der Waals surface area contributed by atoms with E-state index in [1.165, 1.54) is 4.88 Å². The Morgan fingerprint density at radius 3 is 2.86 bits per heavy atom. The molecule has 2 aromatic rings. The predicted molar refractivity (Wildman–Crippen MR) is 85.8 cm³/mol. The number of nitrogens with one attached hydrogen (secondary N) is 2. The fraction of sp³-hybridized carbons (Fsp3) is 0.312. The molecule has 22 heavy (non-hydrogen) atoms. The van der Waals surface area contributed by atoms with Crippen LogP contribution in [0.3, 0.4) is 0 Å². The van der Waals surface area contributed by atoms with Crippen LogP contribution in [0, 0.1) is 0 Å². The number of urea groups is 1. The van der Waals surface area contributed by atoms with Crippen molar-refractivity contribution in [3.63, 3.8) is 0 Å². The molecular weight excluding hydrogens is 300 g/mol. The van der Waals surface area contributed by atoms with Crippen LogP contribution in [0.15, 0.2) is 41.8 Å². The van der Waals surface area contributed by atoms with Crippen molar-refractivity contribution in [2.45, 2.75) is 12.5 Å². The third-order valence-corrected chi connectivity index (χ3v) is 4.23. The molecule has 1 aromatic carbocycles. The zero-order valence-corrected chi connectivity index (χ0v) is 12.9. The van der Waals surface area contributed by atoms with Gasteiger partial charge in [-0.05, 0) is 30.0 Å². The first-order valence-electron chi connectivity index (χ1n) is 7.24. The molecule has 0 bridgehead atoms. The number of thiophene rings is 1. The Morgan fingerprint density at radius 1 is 1.18 bits per heavy atom. The summed E-state index contributed by atoms with van der Waals surface area (Å²) in [7, 11) is 0. The Hall–Kier alpha value is -2.21. The van der Waals surface area contributed by atoms with Gasteiger partial charge in [-0.2, -0.15) is 0 Å². The maximum Gasteiger partial charge on any atom is 0.314 e. The van der Waals surface area contributed by atoms with Gasteiger partial charge in [0, 0.05) is 11.4 Å². The molecule has 2 heterocycles. The zero-order valence-electron chi connectivity index (χ0n) is 12.1. The van der Waals surface area contributed by atoms with E-state index in [0.29, 0.717) is 19.7 Å². The Balaban J connectivity index is 1.37. The summed E-state index contributed by atoms with van der Waals surface area (Å²) in [5.41, 5.74) is 0. The third-order valence-electron chi connectivity index (χ3n) is 3.29. The van der Waals surface area contributed by atoms with Crippen LogP contribution in [0.5, 0.6) is 11.5 Å². The van der Waals surface area contributed by atoms with E-state index in [2.05, 4.69) is 16.7 Å². The summed E-state index contributed by atoms with van der Waals surface area (Å²) in [6.07, 6.45) is 0.680. The van der Waals surface area contributed by atoms with Gasteiger partial charge >= 0.3 is 6.03 Å². The first kappa shape index (κ1) is 14.7. The molecule has 1 atom stereocenters. The second-order valence-corrected chi connectivity index (χ2v) is 6.00. The highest BCUT2D eigenvalue weighted by Crippen LogP contribution is 2.30. The number of hydrogen-bond acceptors (Lipinski definition) is 4. The maximum atomic E-state index is 11.7. The number of amides is 2. The molecular formula is C16H18N2O3S. The van der Waals surface area contributed by atoms with Gasteiger partial charge in [-0.25, -0.2) is 4.79 Å². The summed E-state index contributed by atoms with van der Waals surface area (Å²) in [6, 6.07) is 11.4. The number of benzene rings is 1. The van der Waals surface area contributed by atoms with E-state index in [1.54, 1.807) is 11.3 Å².